The molecule has 0 aromatic heterocycles. The smallest absolute Gasteiger partial charge is 0.335 e. The summed E-state index contributed by atoms with van der Waals surface area (Å²) in [7, 11) is 0. The van der Waals surface area contributed by atoms with Gasteiger partial charge in [-0.15, -0.1) is 0 Å². The summed E-state index contributed by atoms with van der Waals surface area (Å²) in [6, 6.07) is 12.5. The van der Waals surface area contributed by atoms with Gasteiger partial charge in [0, 0.05) is 30.1 Å². The lowest BCUT2D eigenvalue weighted by molar-refractivity contribution is -0.327. The van der Waals surface area contributed by atoms with Crippen molar-refractivity contribution >= 4 is 23.4 Å². The second-order valence-electron chi connectivity index (χ2n) is 9.73. The molecule has 4 rings (SSSR count). The Kier molecular flexibility index (Phi) is 9.15. The summed E-state index contributed by atoms with van der Waals surface area (Å²) in [4.78, 5) is 26.1. The van der Waals surface area contributed by atoms with E-state index >= 15 is 0 Å². The first-order valence-corrected chi connectivity index (χ1v) is 12.8. The van der Waals surface area contributed by atoms with Gasteiger partial charge in [-0.25, -0.2) is 9.18 Å². The van der Waals surface area contributed by atoms with Crippen LogP contribution in [0.5, 0.6) is 0 Å². The number of aliphatic carboxylic acids is 1. The Labute approximate surface area is 224 Å². The molecule has 2 aromatic rings. The molecule has 206 valence electrons. The highest BCUT2D eigenvalue weighted by atomic mass is 35.5. The lowest BCUT2D eigenvalue weighted by atomic mass is 9.83. The normalized spacial score (nSPS) is 27.7. The highest BCUT2D eigenvalue weighted by Crippen LogP contribution is 2.40. The van der Waals surface area contributed by atoms with E-state index in [2.05, 4.69) is 4.90 Å². The molecule has 0 aliphatic carbocycles. The van der Waals surface area contributed by atoms with E-state index in [0.29, 0.717) is 55.9 Å². The van der Waals surface area contributed by atoms with Crippen LogP contribution in [0.1, 0.15) is 41.6 Å². The third-order valence-corrected chi connectivity index (χ3v) is 7.49. The van der Waals surface area contributed by atoms with Gasteiger partial charge in [0.15, 0.2) is 18.2 Å². The summed E-state index contributed by atoms with van der Waals surface area (Å²) >= 11 is 6.07. The third-order valence-electron chi connectivity index (χ3n) is 7.23. The van der Waals surface area contributed by atoms with E-state index in [0.717, 1.165) is 5.56 Å². The summed E-state index contributed by atoms with van der Waals surface area (Å²) in [5, 5.41) is 40.7. The number of carboxylic acids is 1. The Morgan fingerprint density at radius 2 is 1.63 bits per heavy atom. The average molecular weight is 552 g/mol. The second-order valence-corrected chi connectivity index (χ2v) is 10.2. The van der Waals surface area contributed by atoms with Crippen LogP contribution < -0.4 is 0 Å². The van der Waals surface area contributed by atoms with E-state index in [1.54, 1.807) is 24.3 Å². The molecule has 11 heteroatoms. The summed E-state index contributed by atoms with van der Waals surface area (Å²) in [6.07, 6.45) is -6.68. The Hall–Kier alpha value is -2.44. The molecule has 38 heavy (non-hydrogen) atoms. The Morgan fingerprint density at radius 3 is 2.24 bits per heavy atom. The standard InChI is InChI=1S/C27H31ClFNO8/c28-18-7-5-17(6-8-18)27(38-26-23(34)21(32)22(33)24(37-26)25(35)36)11-14-30(15-12-27)13-1-2-20(31)16-3-9-19(29)10-4-16/h3-10,21-24,26,32-34H,1-2,11-15H2,(H,35,36)/t21-,22+,23-,24+,26+/m1/s1. The third kappa shape index (κ3) is 6.40. The maximum absolute atomic E-state index is 13.1. The van der Waals surface area contributed by atoms with Crippen molar-refractivity contribution in [1.29, 1.82) is 0 Å². The van der Waals surface area contributed by atoms with Crippen LogP contribution in [0.4, 0.5) is 4.39 Å². The van der Waals surface area contributed by atoms with Crippen molar-refractivity contribution in [3.63, 3.8) is 0 Å². The molecule has 9 nitrogen and oxygen atoms in total. The van der Waals surface area contributed by atoms with Crippen LogP contribution in [-0.4, -0.2) is 87.4 Å². The average Bonchev–Trinajstić information content (AvgIpc) is 2.90. The molecule has 2 saturated heterocycles. The number of Topliss-reactive ketones (excluding diaryl/α,β-unsaturated/α-hetero) is 1. The number of aliphatic hydroxyl groups is 3. The Balaban J connectivity index is 1.42. The zero-order valence-electron chi connectivity index (χ0n) is 20.6. The number of nitrogens with zero attached hydrogens (tertiary/aromatic N) is 1. The maximum atomic E-state index is 13.1. The van der Waals surface area contributed by atoms with Crippen molar-refractivity contribution in [2.24, 2.45) is 0 Å². The van der Waals surface area contributed by atoms with Gasteiger partial charge in [0.25, 0.3) is 0 Å². The number of ether oxygens (including phenoxy) is 2. The lowest BCUT2D eigenvalue weighted by Gasteiger charge is -2.47. The first-order valence-electron chi connectivity index (χ1n) is 12.5. The van der Waals surface area contributed by atoms with Crippen molar-refractivity contribution in [2.45, 2.75) is 62.0 Å². The van der Waals surface area contributed by atoms with Crippen molar-refractivity contribution in [3.05, 3.63) is 70.5 Å². The lowest BCUT2D eigenvalue weighted by Crippen LogP contribution is -2.62. The van der Waals surface area contributed by atoms with Crippen molar-refractivity contribution in [3.8, 4) is 0 Å². The fourth-order valence-electron chi connectivity index (χ4n) is 4.98. The summed E-state index contributed by atoms with van der Waals surface area (Å²) in [6.45, 7) is 1.80. The summed E-state index contributed by atoms with van der Waals surface area (Å²) < 4.78 is 24.8. The fraction of sp³-hybridized carbons (Fsp3) is 0.481. The van der Waals surface area contributed by atoms with E-state index in [-0.39, 0.29) is 5.78 Å². The van der Waals surface area contributed by atoms with Crippen LogP contribution in [0, 0.1) is 5.82 Å². The first-order chi connectivity index (χ1) is 18.1. The van der Waals surface area contributed by atoms with Gasteiger partial charge in [0.1, 0.15) is 24.1 Å². The second kappa shape index (κ2) is 12.2. The number of piperidine rings is 1. The largest absolute Gasteiger partial charge is 0.479 e. The molecule has 4 N–H and O–H groups in total. The molecular weight excluding hydrogens is 521 g/mol. The van der Waals surface area contributed by atoms with Gasteiger partial charge in [-0.1, -0.05) is 23.7 Å². The number of benzene rings is 2. The van der Waals surface area contributed by atoms with Crippen molar-refractivity contribution < 1.29 is 43.9 Å². The highest BCUT2D eigenvalue weighted by molar-refractivity contribution is 6.30. The Bertz CT molecular complexity index is 1110. The summed E-state index contributed by atoms with van der Waals surface area (Å²) in [5.41, 5.74) is 0.233. The molecule has 2 heterocycles. The number of hydrogen-bond donors (Lipinski definition) is 4. The zero-order chi connectivity index (χ0) is 27.4. The minimum Gasteiger partial charge on any atom is -0.479 e. The van der Waals surface area contributed by atoms with Crippen LogP contribution >= 0.6 is 11.6 Å². The van der Waals surface area contributed by atoms with Gasteiger partial charge in [-0.2, -0.15) is 0 Å². The molecule has 2 aliphatic rings. The van der Waals surface area contributed by atoms with Crippen LogP contribution in [0.3, 0.4) is 0 Å². The Morgan fingerprint density at radius 1 is 1.00 bits per heavy atom. The van der Waals surface area contributed by atoms with Gasteiger partial charge < -0.3 is 34.8 Å². The molecule has 0 saturated carbocycles. The van der Waals surface area contributed by atoms with Gasteiger partial charge in [0.2, 0.25) is 0 Å². The first kappa shape index (κ1) is 28.6. The number of carbonyl (C=O) groups excluding carboxylic acids is 1. The molecule has 0 bridgehead atoms. The fourth-order valence-corrected chi connectivity index (χ4v) is 5.11. The maximum Gasteiger partial charge on any atom is 0.335 e. The quantitative estimate of drug-likeness (QED) is 0.346. The number of likely N-dealkylation sites (tertiary alicyclic amines) is 1. The summed E-state index contributed by atoms with van der Waals surface area (Å²) in [5.74, 6) is -1.93. The molecule has 2 aromatic carbocycles. The number of carbonyl (C=O) groups is 2. The van der Waals surface area contributed by atoms with Gasteiger partial charge >= 0.3 is 5.97 Å². The van der Waals surface area contributed by atoms with Crippen LogP contribution in [0.25, 0.3) is 0 Å². The number of halogens is 2. The van der Waals surface area contributed by atoms with E-state index in [9.17, 15) is 34.4 Å². The monoisotopic (exact) mass is 551 g/mol. The zero-order valence-corrected chi connectivity index (χ0v) is 21.3. The van der Waals surface area contributed by atoms with E-state index < -0.39 is 48.1 Å². The number of rotatable bonds is 9. The molecule has 2 aliphatic heterocycles. The molecule has 0 radical (unpaired) electrons. The molecule has 0 spiro atoms. The van der Waals surface area contributed by atoms with E-state index in [4.69, 9.17) is 21.1 Å². The predicted molar refractivity (Wildman–Crippen MR) is 134 cm³/mol. The van der Waals surface area contributed by atoms with Crippen molar-refractivity contribution in [2.75, 3.05) is 19.6 Å². The molecule has 0 amide bonds. The predicted octanol–water partition coefficient (Wildman–Crippen LogP) is 2.34. The van der Waals surface area contributed by atoms with Crippen LogP contribution in [0.15, 0.2) is 48.5 Å². The molecule has 2 fully saturated rings. The van der Waals surface area contributed by atoms with Crippen molar-refractivity contribution in [1.82, 2.24) is 4.90 Å². The van der Waals surface area contributed by atoms with E-state index in [1.165, 1.54) is 24.3 Å². The van der Waals surface area contributed by atoms with E-state index in [1.807, 2.05) is 0 Å². The van der Waals surface area contributed by atoms with Crippen LogP contribution in [0.2, 0.25) is 5.02 Å². The van der Waals surface area contributed by atoms with Gasteiger partial charge in [0.05, 0.1) is 5.60 Å². The SMILES string of the molecule is O=C(CCCN1CCC(O[C@@H]2O[C@H](C(=O)O)[C@@H](O)[C@@H](O)[C@H]2O)(c2ccc(Cl)cc2)CC1)c1ccc(F)cc1. The minimum atomic E-state index is -1.81. The number of carboxylic acid groups (broad SMARTS) is 1. The highest BCUT2D eigenvalue weighted by Gasteiger charge is 2.50. The topological polar surface area (TPSA) is 137 Å². The van der Waals surface area contributed by atoms with Gasteiger partial charge in [-0.3, -0.25) is 4.79 Å². The minimum absolute atomic E-state index is 0.0574. The molecular formula is C27H31ClFNO8. The molecule has 0 unspecified atom stereocenters. The van der Waals surface area contributed by atoms with Crippen LogP contribution in [-0.2, 0) is 19.9 Å². The number of ketones is 1. The number of hydrogen-bond acceptors (Lipinski definition) is 8. The number of aliphatic hydroxyl groups excluding tert-OH is 3. The van der Waals surface area contributed by atoms with Gasteiger partial charge in [-0.05, 0) is 67.8 Å². The molecule has 5 atom stereocenters.